The van der Waals surface area contributed by atoms with Crippen LogP contribution >= 0.6 is 0 Å². The predicted octanol–water partition coefficient (Wildman–Crippen LogP) is 2.08. The molecule has 0 fully saturated rings. The molecule has 0 saturated heterocycles. The van der Waals surface area contributed by atoms with Crippen molar-refractivity contribution >= 4 is 23.4 Å². The fourth-order valence-corrected chi connectivity index (χ4v) is 2.64. The number of hydrogen-bond donors (Lipinski definition) is 3. The van der Waals surface area contributed by atoms with Crippen molar-refractivity contribution in [3.05, 3.63) is 64.2 Å². The summed E-state index contributed by atoms with van der Waals surface area (Å²) in [5.41, 5.74) is 9.50. The normalized spacial score (nSPS) is 10.2. The van der Waals surface area contributed by atoms with Crippen LogP contribution < -0.4 is 16.4 Å². The Bertz CT molecular complexity index is 821. The third-order valence-electron chi connectivity index (χ3n) is 3.76. The molecular weight excluding hydrogens is 318 g/mol. The molecule has 0 aliphatic heterocycles. The molecule has 0 atom stereocenters. The second kappa shape index (κ2) is 7.61. The minimum absolute atomic E-state index is 0.174. The van der Waals surface area contributed by atoms with Gasteiger partial charge in [-0.05, 0) is 50.1 Å². The first-order valence-electron chi connectivity index (χ1n) is 7.83. The molecule has 0 aliphatic carbocycles. The lowest BCUT2D eigenvalue weighted by Gasteiger charge is -2.13. The van der Waals surface area contributed by atoms with Crippen LogP contribution in [0.1, 0.15) is 37.4 Å². The first kappa shape index (κ1) is 18.2. The number of amides is 3. The molecule has 0 spiro atoms. The molecule has 25 heavy (non-hydrogen) atoms. The van der Waals surface area contributed by atoms with Crippen LogP contribution in [0.5, 0.6) is 0 Å². The van der Waals surface area contributed by atoms with Crippen LogP contribution in [0, 0.1) is 20.8 Å². The lowest BCUT2D eigenvalue weighted by atomic mass is 10.1. The summed E-state index contributed by atoms with van der Waals surface area (Å²) in [4.78, 5) is 35.4. The van der Waals surface area contributed by atoms with Gasteiger partial charge in [0, 0.05) is 16.8 Å². The Morgan fingerprint density at radius 3 is 2.16 bits per heavy atom. The molecule has 4 N–H and O–H groups in total. The average molecular weight is 339 g/mol. The summed E-state index contributed by atoms with van der Waals surface area (Å²) >= 11 is 0. The number of benzene rings is 2. The highest BCUT2D eigenvalue weighted by Gasteiger charge is 2.12. The van der Waals surface area contributed by atoms with Crippen molar-refractivity contribution in [3.63, 3.8) is 0 Å². The number of primary amides is 1. The number of hydrogen-bond acceptors (Lipinski definition) is 3. The third kappa shape index (κ3) is 4.67. The van der Waals surface area contributed by atoms with Gasteiger partial charge in [0.2, 0.25) is 11.8 Å². The van der Waals surface area contributed by atoms with Gasteiger partial charge in [0.15, 0.2) is 0 Å². The molecule has 0 saturated carbocycles. The van der Waals surface area contributed by atoms with Crippen LogP contribution in [0.2, 0.25) is 0 Å². The van der Waals surface area contributed by atoms with Gasteiger partial charge < -0.3 is 16.4 Å². The van der Waals surface area contributed by atoms with E-state index in [-0.39, 0.29) is 23.6 Å². The predicted molar refractivity (Wildman–Crippen MR) is 96.6 cm³/mol. The minimum Gasteiger partial charge on any atom is -0.366 e. The van der Waals surface area contributed by atoms with E-state index in [2.05, 4.69) is 10.6 Å². The molecule has 0 unspecified atom stereocenters. The minimum atomic E-state index is -0.613. The van der Waals surface area contributed by atoms with Crippen LogP contribution in [-0.2, 0) is 4.79 Å². The zero-order valence-corrected chi connectivity index (χ0v) is 14.5. The topological polar surface area (TPSA) is 101 Å². The van der Waals surface area contributed by atoms with Crippen LogP contribution in [-0.4, -0.2) is 24.3 Å². The van der Waals surface area contributed by atoms with Crippen molar-refractivity contribution < 1.29 is 14.4 Å². The van der Waals surface area contributed by atoms with E-state index in [0.717, 1.165) is 22.4 Å². The lowest BCUT2D eigenvalue weighted by Crippen LogP contribution is -2.33. The molecule has 0 radical (unpaired) electrons. The van der Waals surface area contributed by atoms with Gasteiger partial charge in [0.25, 0.3) is 5.91 Å². The lowest BCUT2D eigenvalue weighted by molar-refractivity contribution is -0.115. The maximum absolute atomic E-state index is 12.1. The zero-order valence-electron chi connectivity index (χ0n) is 14.5. The van der Waals surface area contributed by atoms with Crippen molar-refractivity contribution in [2.75, 3.05) is 11.9 Å². The number of carbonyl (C=O) groups is 3. The monoisotopic (exact) mass is 339 g/mol. The van der Waals surface area contributed by atoms with Crippen molar-refractivity contribution in [2.45, 2.75) is 20.8 Å². The summed E-state index contributed by atoms with van der Waals surface area (Å²) in [5.74, 6) is -1.39. The van der Waals surface area contributed by atoms with E-state index in [1.165, 1.54) is 12.1 Å². The number of nitrogens with two attached hydrogens (primary N) is 1. The highest BCUT2D eigenvalue weighted by molar-refractivity contribution is 6.01. The fourth-order valence-electron chi connectivity index (χ4n) is 2.64. The van der Waals surface area contributed by atoms with Crippen LogP contribution in [0.4, 0.5) is 5.69 Å². The highest BCUT2D eigenvalue weighted by Crippen LogP contribution is 2.21. The molecule has 2 rings (SSSR count). The average Bonchev–Trinajstić information content (AvgIpc) is 2.56. The van der Waals surface area contributed by atoms with Gasteiger partial charge in [0.1, 0.15) is 0 Å². The first-order valence-corrected chi connectivity index (χ1v) is 7.83. The summed E-state index contributed by atoms with van der Waals surface area (Å²) in [5, 5.41) is 5.35. The number of carbonyl (C=O) groups excluding carboxylic acids is 3. The Kier molecular flexibility index (Phi) is 5.54. The van der Waals surface area contributed by atoms with E-state index in [1.807, 2.05) is 32.9 Å². The number of anilines is 1. The van der Waals surface area contributed by atoms with Crippen molar-refractivity contribution in [1.29, 1.82) is 0 Å². The second-order valence-electron chi connectivity index (χ2n) is 5.95. The Balaban J connectivity index is 1.99. The SMILES string of the molecule is Cc1cc(C)c(NC(=O)CNC(=O)c2cccc(C(N)=O)c2)c(C)c1. The Hall–Kier alpha value is -3.15. The summed E-state index contributed by atoms with van der Waals surface area (Å²) in [6, 6.07) is 9.99. The Morgan fingerprint density at radius 2 is 1.56 bits per heavy atom. The standard InChI is InChI=1S/C19H21N3O3/c1-11-7-12(2)17(13(3)8-11)22-16(23)10-21-19(25)15-6-4-5-14(9-15)18(20)24/h4-9H,10H2,1-3H3,(H2,20,24)(H,21,25)(H,22,23). The van der Waals surface area contributed by atoms with Gasteiger partial charge >= 0.3 is 0 Å². The van der Waals surface area contributed by atoms with E-state index in [4.69, 9.17) is 5.73 Å². The molecule has 0 heterocycles. The summed E-state index contributed by atoms with van der Waals surface area (Å²) in [7, 11) is 0. The Morgan fingerprint density at radius 1 is 0.960 bits per heavy atom. The van der Waals surface area contributed by atoms with E-state index < -0.39 is 11.8 Å². The summed E-state index contributed by atoms with van der Waals surface area (Å²) < 4.78 is 0. The molecule has 0 bridgehead atoms. The maximum Gasteiger partial charge on any atom is 0.251 e. The molecule has 3 amide bonds. The molecule has 2 aromatic rings. The number of nitrogens with one attached hydrogen (secondary N) is 2. The van der Waals surface area contributed by atoms with E-state index >= 15 is 0 Å². The third-order valence-corrected chi connectivity index (χ3v) is 3.76. The number of aryl methyl sites for hydroxylation is 3. The van der Waals surface area contributed by atoms with Gasteiger partial charge in [-0.2, -0.15) is 0 Å². The van der Waals surface area contributed by atoms with Gasteiger partial charge in [-0.3, -0.25) is 14.4 Å². The fraction of sp³-hybridized carbons (Fsp3) is 0.211. The van der Waals surface area contributed by atoms with Crippen molar-refractivity contribution in [3.8, 4) is 0 Å². The van der Waals surface area contributed by atoms with E-state index in [1.54, 1.807) is 12.1 Å². The molecule has 2 aromatic carbocycles. The van der Waals surface area contributed by atoms with Gasteiger partial charge in [-0.1, -0.05) is 23.8 Å². The molecule has 130 valence electrons. The molecular formula is C19H21N3O3. The first-order chi connectivity index (χ1) is 11.8. The highest BCUT2D eigenvalue weighted by atomic mass is 16.2. The van der Waals surface area contributed by atoms with Crippen molar-refractivity contribution in [2.24, 2.45) is 5.73 Å². The second-order valence-corrected chi connectivity index (χ2v) is 5.95. The quantitative estimate of drug-likeness (QED) is 0.777. The Labute approximate surface area is 146 Å². The van der Waals surface area contributed by atoms with E-state index in [0.29, 0.717) is 0 Å². The van der Waals surface area contributed by atoms with Crippen LogP contribution in [0.3, 0.4) is 0 Å². The van der Waals surface area contributed by atoms with Crippen LogP contribution in [0.15, 0.2) is 36.4 Å². The number of rotatable bonds is 5. The molecule has 6 nitrogen and oxygen atoms in total. The molecule has 0 aromatic heterocycles. The molecule has 6 heteroatoms. The van der Waals surface area contributed by atoms with Gasteiger partial charge in [-0.15, -0.1) is 0 Å². The largest absolute Gasteiger partial charge is 0.366 e. The molecule has 0 aliphatic rings. The van der Waals surface area contributed by atoms with Gasteiger partial charge in [-0.25, -0.2) is 0 Å². The maximum atomic E-state index is 12.1. The summed E-state index contributed by atoms with van der Waals surface area (Å²) in [6.45, 7) is 5.66. The summed E-state index contributed by atoms with van der Waals surface area (Å²) in [6.07, 6.45) is 0. The van der Waals surface area contributed by atoms with Gasteiger partial charge in [0.05, 0.1) is 6.54 Å². The van der Waals surface area contributed by atoms with Crippen LogP contribution in [0.25, 0.3) is 0 Å². The van der Waals surface area contributed by atoms with E-state index in [9.17, 15) is 14.4 Å². The zero-order chi connectivity index (χ0) is 18.6. The smallest absolute Gasteiger partial charge is 0.251 e. The van der Waals surface area contributed by atoms with Crippen molar-refractivity contribution in [1.82, 2.24) is 5.32 Å².